The Bertz CT molecular complexity index is 856. The first-order valence-electron chi connectivity index (χ1n) is 8.01. The van der Waals surface area contributed by atoms with Crippen LogP contribution >= 0.6 is 0 Å². The summed E-state index contributed by atoms with van der Waals surface area (Å²) in [6.45, 7) is 3.53. The van der Waals surface area contributed by atoms with Gasteiger partial charge in [-0.25, -0.2) is 8.42 Å². The number of carbonyl (C=O) groups excluding carboxylic acids is 1. The van der Waals surface area contributed by atoms with E-state index in [1.54, 1.807) is 12.1 Å². The van der Waals surface area contributed by atoms with Crippen molar-refractivity contribution in [3.05, 3.63) is 65.2 Å². The average molecular weight is 343 g/mol. The number of carbonyl (C=O) groups is 1. The van der Waals surface area contributed by atoms with Crippen molar-refractivity contribution in [2.45, 2.75) is 24.2 Å². The monoisotopic (exact) mass is 343 g/mol. The summed E-state index contributed by atoms with van der Waals surface area (Å²) in [4.78, 5) is 14.7. The molecule has 0 aromatic heterocycles. The molecule has 0 radical (unpaired) electrons. The van der Waals surface area contributed by atoms with Gasteiger partial charge in [-0.05, 0) is 48.7 Å². The zero-order valence-corrected chi connectivity index (χ0v) is 14.7. The summed E-state index contributed by atoms with van der Waals surface area (Å²) in [5.74, 6) is 0.330. The highest BCUT2D eigenvalue weighted by atomic mass is 32.2. The summed E-state index contributed by atoms with van der Waals surface area (Å²) in [7, 11) is -3.24. The van der Waals surface area contributed by atoms with Crippen molar-refractivity contribution in [2.75, 3.05) is 19.3 Å². The average Bonchev–Trinajstić information content (AvgIpc) is 3.03. The second-order valence-corrected chi connectivity index (χ2v) is 8.41. The molecule has 4 nitrogen and oxygen atoms in total. The fraction of sp³-hybridized carbons (Fsp3) is 0.316. The Balaban J connectivity index is 1.74. The molecular formula is C19H21NO3S. The third-order valence-electron chi connectivity index (χ3n) is 4.63. The van der Waals surface area contributed by atoms with Crippen LogP contribution in [0.15, 0.2) is 53.4 Å². The van der Waals surface area contributed by atoms with Crippen molar-refractivity contribution in [2.24, 2.45) is 0 Å². The predicted molar refractivity (Wildman–Crippen MR) is 94.0 cm³/mol. The van der Waals surface area contributed by atoms with Crippen molar-refractivity contribution >= 4 is 15.7 Å². The Kier molecular flexibility index (Phi) is 4.45. The highest BCUT2D eigenvalue weighted by Crippen LogP contribution is 2.30. The van der Waals surface area contributed by atoms with Gasteiger partial charge in [0.05, 0.1) is 4.90 Å². The fourth-order valence-electron chi connectivity index (χ4n) is 3.27. The van der Waals surface area contributed by atoms with Crippen molar-refractivity contribution in [3.8, 4) is 0 Å². The Labute approximate surface area is 143 Å². The quantitative estimate of drug-likeness (QED) is 0.861. The number of amides is 1. The lowest BCUT2D eigenvalue weighted by Gasteiger charge is -2.18. The van der Waals surface area contributed by atoms with Crippen LogP contribution in [-0.2, 0) is 9.84 Å². The van der Waals surface area contributed by atoms with E-state index in [-0.39, 0.29) is 10.8 Å². The molecular weight excluding hydrogens is 322 g/mol. The van der Waals surface area contributed by atoms with Crippen molar-refractivity contribution < 1.29 is 13.2 Å². The van der Waals surface area contributed by atoms with E-state index in [0.29, 0.717) is 18.0 Å². The molecule has 2 aromatic carbocycles. The van der Waals surface area contributed by atoms with Crippen molar-refractivity contribution in [1.29, 1.82) is 0 Å². The summed E-state index contributed by atoms with van der Waals surface area (Å²) in [5.41, 5.74) is 3.10. The maximum Gasteiger partial charge on any atom is 0.253 e. The molecule has 5 heteroatoms. The molecule has 1 fully saturated rings. The molecule has 126 valence electrons. The SMILES string of the molecule is Cc1ccccc1C1CCN(C(=O)c2ccc(S(C)(=O)=O)cc2)C1. The molecule has 24 heavy (non-hydrogen) atoms. The van der Waals surface area contributed by atoms with Crippen LogP contribution in [0.4, 0.5) is 0 Å². The lowest BCUT2D eigenvalue weighted by atomic mass is 9.94. The molecule has 1 amide bonds. The highest BCUT2D eigenvalue weighted by molar-refractivity contribution is 7.90. The molecule has 1 aliphatic rings. The third-order valence-corrected chi connectivity index (χ3v) is 5.76. The van der Waals surface area contributed by atoms with Crippen LogP contribution in [0.2, 0.25) is 0 Å². The topological polar surface area (TPSA) is 54.5 Å². The van der Waals surface area contributed by atoms with Crippen LogP contribution in [0.1, 0.15) is 33.8 Å². The van der Waals surface area contributed by atoms with E-state index < -0.39 is 9.84 Å². The van der Waals surface area contributed by atoms with E-state index in [4.69, 9.17) is 0 Å². The maximum absolute atomic E-state index is 12.6. The Morgan fingerprint density at radius 2 is 1.75 bits per heavy atom. The van der Waals surface area contributed by atoms with Gasteiger partial charge in [0.2, 0.25) is 0 Å². The smallest absolute Gasteiger partial charge is 0.253 e. The van der Waals surface area contributed by atoms with Gasteiger partial charge >= 0.3 is 0 Å². The number of aryl methyl sites for hydroxylation is 1. The first-order chi connectivity index (χ1) is 11.4. The van der Waals surface area contributed by atoms with Gasteiger partial charge in [0, 0.05) is 30.8 Å². The molecule has 2 aromatic rings. The van der Waals surface area contributed by atoms with Crippen LogP contribution in [0, 0.1) is 6.92 Å². The minimum atomic E-state index is -3.24. The van der Waals surface area contributed by atoms with Crippen molar-refractivity contribution in [1.82, 2.24) is 4.90 Å². The summed E-state index contributed by atoms with van der Waals surface area (Å²) < 4.78 is 23.0. The first kappa shape index (κ1) is 16.7. The van der Waals surface area contributed by atoms with Gasteiger partial charge in [-0.2, -0.15) is 0 Å². The zero-order valence-electron chi connectivity index (χ0n) is 13.9. The molecule has 0 N–H and O–H groups in total. The fourth-order valence-corrected chi connectivity index (χ4v) is 3.90. The molecule has 1 unspecified atom stereocenters. The standard InChI is InChI=1S/C19H21NO3S/c1-14-5-3-4-6-18(14)16-11-12-20(13-16)19(21)15-7-9-17(10-8-15)24(2,22)23/h3-10,16H,11-13H2,1-2H3. The third kappa shape index (κ3) is 3.36. The highest BCUT2D eigenvalue weighted by Gasteiger charge is 2.28. The van der Waals surface area contributed by atoms with E-state index in [0.717, 1.165) is 19.2 Å². The summed E-state index contributed by atoms with van der Waals surface area (Å²) in [5, 5.41) is 0. The van der Waals surface area contributed by atoms with Crippen molar-refractivity contribution in [3.63, 3.8) is 0 Å². The molecule has 0 bridgehead atoms. The molecule has 1 atom stereocenters. The zero-order chi connectivity index (χ0) is 17.3. The van der Waals surface area contributed by atoms with E-state index in [9.17, 15) is 13.2 Å². The number of benzene rings is 2. The lowest BCUT2D eigenvalue weighted by molar-refractivity contribution is 0.0790. The van der Waals surface area contributed by atoms with Gasteiger partial charge in [-0.15, -0.1) is 0 Å². The van der Waals surface area contributed by atoms with Crippen LogP contribution < -0.4 is 0 Å². The Hall–Kier alpha value is -2.14. The molecule has 1 aliphatic heterocycles. The second kappa shape index (κ2) is 6.40. The molecule has 3 rings (SSSR count). The van der Waals surface area contributed by atoms with Crippen LogP contribution in [0.3, 0.4) is 0 Å². The lowest BCUT2D eigenvalue weighted by Crippen LogP contribution is -2.28. The predicted octanol–water partition coefficient (Wildman–Crippen LogP) is 3.03. The number of sulfone groups is 1. The summed E-state index contributed by atoms with van der Waals surface area (Å²) in [6.07, 6.45) is 2.12. The molecule has 1 saturated heterocycles. The molecule has 0 aliphatic carbocycles. The van der Waals surface area contributed by atoms with Gasteiger partial charge in [0.25, 0.3) is 5.91 Å². The molecule has 0 saturated carbocycles. The number of rotatable bonds is 3. The molecule has 1 heterocycles. The summed E-state index contributed by atoms with van der Waals surface area (Å²) >= 11 is 0. The van der Waals surface area contributed by atoms with Gasteiger partial charge in [-0.3, -0.25) is 4.79 Å². The van der Waals surface area contributed by atoms with E-state index in [1.807, 2.05) is 17.0 Å². The second-order valence-electron chi connectivity index (χ2n) is 6.39. The van der Waals surface area contributed by atoms with E-state index >= 15 is 0 Å². The van der Waals surface area contributed by atoms with Gasteiger partial charge in [0.1, 0.15) is 0 Å². The minimum Gasteiger partial charge on any atom is -0.338 e. The van der Waals surface area contributed by atoms with E-state index in [1.165, 1.54) is 23.3 Å². The summed E-state index contributed by atoms with van der Waals surface area (Å²) in [6, 6.07) is 14.5. The van der Waals surface area contributed by atoms with Gasteiger partial charge in [0.15, 0.2) is 9.84 Å². The normalized spacial score (nSPS) is 17.9. The Morgan fingerprint density at radius 3 is 2.38 bits per heavy atom. The first-order valence-corrected chi connectivity index (χ1v) is 9.90. The van der Waals surface area contributed by atoms with Crippen LogP contribution in [0.5, 0.6) is 0 Å². The number of hydrogen-bond donors (Lipinski definition) is 0. The minimum absolute atomic E-state index is 0.0360. The van der Waals surface area contributed by atoms with Crippen LogP contribution in [-0.4, -0.2) is 38.6 Å². The Morgan fingerprint density at radius 1 is 1.08 bits per heavy atom. The molecule has 0 spiro atoms. The van der Waals surface area contributed by atoms with E-state index in [2.05, 4.69) is 19.1 Å². The van der Waals surface area contributed by atoms with Crippen LogP contribution in [0.25, 0.3) is 0 Å². The maximum atomic E-state index is 12.6. The number of nitrogens with zero attached hydrogens (tertiary/aromatic N) is 1. The largest absolute Gasteiger partial charge is 0.338 e. The van der Waals surface area contributed by atoms with Gasteiger partial charge in [-0.1, -0.05) is 24.3 Å². The number of hydrogen-bond acceptors (Lipinski definition) is 3. The van der Waals surface area contributed by atoms with Gasteiger partial charge < -0.3 is 4.90 Å². The number of likely N-dealkylation sites (tertiary alicyclic amines) is 1.